The van der Waals surface area contributed by atoms with E-state index in [0.717, 1.165) is 29.9 Å². The third-order valence-corrected chi connectivity index (χ3v) is 5.23. The summed E-state index contributed by atoms with van der Waals surface area (Å²) in [5.41, 5.74) is -1.26. The molecule has 9 nitrogen and oxygen atoms in total. The summed E-state index contributed by atoms with van der Waals surface area (Å²) in [6, 6.07) is 6.11. The lowest BCUT2D eigenvalue weighted by atomic mass is 9.81. The van der Waals surface area contributed by atoms with Gasteiger partial charge in [-0.25, -0.2) is 4.98 Å². The molecule has 1 aliphatic carbocycles. The standard InChI is InChI=1S/C18H19N5O4/c1-21(18(11-19)7-3-2-4-8-18)16(24)10-22-12-20-15-6-5-13(23(26)27)9-14(15)17(22)25/h5-6,9,12H,2-4,7-8,10H2,1H3. The maximum Gasteiger partial charge on any atom is 0.270 e. The fraction of sp³-hybridized carbons (Fsp3) is 0.444. The van der Waals surface area contributed by atoms with Crippen molar-refractivity contribution in [3.8, 4) is 6.07 Å². The normalized spacial score (nSPS) is 15.9. The number of benzene rings is 1. The van der Waals surface area contributed by atoms with E-state index >= 15 is 0 Å². The number of rotatable bonds is 4. The number of hydrogen-bond acceptors (Lipinski definition) is 6. The number of fused-ring (bicyclic) bond motifs is 1. The van der Waals surface area contributed by atoms with Crippen LogP contribution >= 0.6 is 0 Å². The van der Waals surface area contributed by atoms with E-state index in [0.29, 0.717) is 18.4 Å². The van der Waals surface area contributed by atoms with E-state index in [2.05, 4.69) is 11.1 Å². The van der Waals surface area contributed by atoms with Gasteiger partial charge in [0, 0.05) is 19.2 Å². The highest BCUT2D eigenvalue weighted by Crippen LogP contribution is 2.32. The Balaban J connectivity index is 1.90. The van der Waals surface area contributed by atoms with E-state index < -0.39 is 16.0 Å². The Bertz CT molecular complexity index is 1000. The number of aromatic nitrogens is 2. The van der Waals surface area contributed by atoms with Crippen LogP contribution < -0.4 is 5.56 Å². The molecule has 1 aliphatic rings. The molecule has 1 fully saturated rings. The summed E-state index contributed by atoms with van der Waals surface area (Å²) in [7, 11) is 1.58. The molecule has 9 heteroatoms. The number of nitro benzene ring substituents is 1. The Hall–Kier alpha value is -3.28. The molecule has 3 rings (SSSR count). The molecule has 0 spiro atoms. The van der Waals surface area contributed by atoms with E-state index in [1.165, 1.54) is 23.4 Å². The molecule has 0 saturated heterocycles. The topological polar surface area (TPSA) is 122 Å². The number of hydrogen-bond donors (Lipinski definition) is 0. The molecule has 0 aliphatic heterocycles. The van der Waals surface area contributed by atoms with Crippen molar-refractivity contribution >= 4 is 22.5 Å². The number of amides is 1. The largest absolute Gasteiger partial charge is 0.325 e. The van der Waals surface area contributed by atoms with Crippen molar-refractivity contribution in [2.24, 2.45) is 0 Å². The van der Waals surface area contributed by atoms with Crippen LogP contribution in [0.15, 0.2) is 29.3 Å². The van der Waals surface area contributed by atoms with Crippen molar-refractivity contribution in [1.82, 2.24) is 14.5 Å². The number of carbonyl (C=O) groups excluding carboxylic acids is 1. The quantitative estimate of drug-likeness (QED) is 0.600. The fourth-order valence-electron chi connectivity index (χ4n) is 3.52. The summed E-state index contributed by atoms with van der Waals surface area (Å²) in [5.74, 6) is -0.368. The van der Waals surface area contributed by atoms with E-state index in [9.17, 15) is 25.0 Å². The van der Waals surface area contributed by atoms with Gasteiger partial charge >= 0.3 is 0 Å². The van der Waals surface area contributed by atoms with Gasteiger partial charge in [0.25, 0.3) is 11.2 Å². The maximum atomic E-state index is 12.7. The second kappa shape index (κ2) is 7.15. The molecule has 0 N–H and O–H groups in total. The number of carbonyl (C=O) groups is 1. The van der Waals surface area contributed by atoms with Crippen molar-refractivity contribution in [2.45, 2.75) is 44.2 Å². The molecule has 140 valence electrons. The highest BCUT2D eigenvalue weighted by molar-refractivity contribution is 5.81. The van der Waals surface area contributed by atoms with E-state index in [1.54, 1.807) is 7.05 Å². The van der Waals surface area contributed by atoms with Crippen molar-refractivity contribution in [3.63, 3.8) is 0 Å². The molecule has 1 aromatic carbocycles. The first-order valence-corrected chi connectivity index (χ1v) is 8.69. The van der Waals surface area contributed by atoms with E-state index in [4.69, 9.17) is 0 Å². The number of likely N-dealkylation sites (N-methyl/N-ethyl adjacent to an activating group) is 1. The third kappa shape index (κ3) is 3.38. The van der Waals surface area contributed by atoms with Gasteiger partial charge in [-0.1, -0.05) is 19.3 Å². The number of non-ortho nitro benzene ring substituents is 1. The van der Waals surface area contributed by atoms with Crippen LogP contribution in [0.1, 0.15) is 32.1 Å². The number of nitriles is 1. The molecule has 0 bridgehead atoms. The van der Waals surface area contributed by atoms with Crippen molar-refractivity contribution < 1.29 is 9.72 Å². The first-order valence-electron chi connectivity index (χ1n) is 8.69. The Kier molecular flexibility index (Phi) is 4.90. The maximum absolute atomic E-state index is 12.7. The molecule has 0 radical (unpaired) electrons. The minimum atomic E-state index is -0.845. The lowest BCUT2D eigenvalue weighted by molar-refractivity contribution is -0.384. The van der Waals surface area contributed by atoms with Gasteiger partial charge in [-0.05, 0) is 18.9 Å². The molecular weight excluding hydrogens is 350 g/mol. The first-order chi connectivity index (χ1) is 12.9. The summed E-state index contributed by atoms with van der Waals surface area (Å²) >= 11 is 0. The molecule has 1 amide bonds. The number of nitrogens with zero attached hydrogens (tertiary/aromatic N) is 5. The molecule has 1 heterocycles. The Morgan fingerprint density at radius 2 is 2.11 bits per heavy atom. The minimum Gasteiger partial charge on any atom is -0.325 e. The predicted molar refractivity (Wildman–Crippen MR) is 96.9 cm³/mol. The Morgan fingerprint density at radius 3 is 2.74 bits per heavy atom. The second-order valence-corrected chi connectivity index (χ2v) is 6.79. The van der Waals surface area contributed by atoms with Crippen LogP contribution in [-0.2, 0) is 11.3 Å². The molecule has 0 unspecified atom stereocenters. The summed E-state index contributed by atoms with van der Waals surface area (Å²) < 4.78 is 1.12. The van der Waals surface area contributed by atoms with E-state index in [1.807, 2.05) is 0 Å². The molecular formula is C18H19N5O4. The van der Waals surface area contributed by atoms with Gasteiger partial charge < -0.3 is 4.90 Å². The zero-order valence-electron chi connectivity index (χ0n) is 14.9. The van der Waals surface area contributed by atoms with Crippen LogP contribution in [0.25, 0.3) is 10.9 Å². The molecule has 1 aromatic heterocycles. The average molecular weight is 369 g/mol. The lowest BCUT2D eigenvalue weighted by Gasteiger charge is -2.39. The molecule has 2 aromatic rings. The monoisotopic (exact) mass is 369 g/mol. The molecule has 27 heavy (non-hydrogen) atoms. The van der Waals surface area contributed by atoms with Gasteiger partial charge in [0.2, 0.25) is 5.91 Å². The summed E-state index contributed by atoms with van der Waals surface area (Å²) in [6.07, 6.45) is 5.28. The molecule has 0 atom stereocenters. The Morgan fingerprint density at radius 1 is 1.41 bits per heavy atom. The zero-order valence-corrected chi connectivity index (χ0v) is 14.9. The SMILES string of the molecule is CN(C(=O)Cn1cnc2ccc([N+](=O)[O-])cc2c1=O)C1(C#N)CCCCC1. The number of nitro groups is 1. The van der Waals surface area contributed by atoms with Gasteiger partial charge in [-0.15, -0.1) is 0 Å². The Labute approximate surface area is 155 Å². The smallest absolute Gasteiger partial charge is 0.270 e. The van der Waals surface area contributed by atoms with Crippen LogP contribution in [0, 0.1) is 21.4 Å². The second-order valence-electron chi connectivity index (χ2n) is 6.79. The minimum absolute atomic E-state index is 0.0785. The van der Waals surface area contributed by atoms with Crippen LogP contribution in [0.2, 0.25) is 0 Å². The highest BCUT2D eigenvalue weighted by atomic mass is 16.6. The molecule has 1 saturated carbocycles. The first kappa shape index (κ1) is 18.5. The fourth-order valence-corrected chi connectivity index (χ4v) is 3.52. The van der Waals surface area contributed by atoms with Crippen molar-refractivity contribution in [3.05, 3.63) is 45.0 Å². The summed E-state index contributed by atoms with van der Waals surface area (Å²) in [4.78, 5) is 41.3. The van der Waals surface area contributed by atoms with Crippen LogP contribution in [-0.4, -0.2) is 37.9 Å². The van der Waals surface area contributed by atoms with Gasteiger partial charge in [-0.2, -0.15) is 5.26 Å². The summed E-state index contributed by atoms with van der Waals surface area (Å²) in [5, 5.41) is 20.6. The van der Waals surface area contributed by atoms with Crippen LogP contribution in [0.3, 0.4) is 0 Å². The van der Waals surface area contributed by atoms with E-state index in [-0.39, 0.29) is 23.5 Å². The van der Waals surface area contributed by atoms with Crippen LogP contribution in [0.4, 0.5) is 5.69 Å². The third-order valence-electron chi connectivity index (χ3n) is 5.23. The van der Waals surface area contributed by atoms with Crippen LogP contribution in [0.5, 0.6) is 0 Å². The predicted octanol–water partition coefficient (Wildman–Crippen LogP) is 1.99. The van der Waals surface area contributed by atoms with Crippen molar-refractivity contribution in [2.75, 3.05) is 7.05 Å². The van der Waals surface area contributed by atoms with Gasteiger partial charge in [0.1, 0.15) is 12.1 Å². The van der Waals surface area contributed by atoms with Gasteiger partial charge in [0.15, 0.2) is 0 Å². The highest BCUT2D eigenvalue weighted by Gasteiger charge is 2.38. The van der Waals surface area contributed by atoms with Gasteiger partial charge in [0.05, 0.1) is 28.2 Å². The summed E-state index contributed by atoms with van der Waals surface area (Å²) in [6.45, 7) is -0.273. The average Bonchev–Trinajstić information content (AvgIpc) is 2.69. The lowest BCUT2D eigenvalue weighted by Crippen LogP contribution is -2.51. The zero-order chi connectivity index (χ0) is 19.6. The van der Waals surface area contributed by atoms with Gasteiger partial charge in [-0.3, -0.25) is 24.3 Å². The van der Waals surface area contributed by atoms with Crippen molar-refractivity contribution in [1.29, 1.82) is 5.26 Å².